The molecule has 2 rings (SSSR count). The molecule has 0 aromatic carbocycles. The van der Waals surface area contributed by atoms with Gasteiger partial charge in [-0.3, -0.25) is 4.79 Å². The van der Waals surface area contributed by atoms with Crippen LogP contribution in [0.25, 0.3) is 0 Å². The van der Waals surface area contributed by atoms with Gasteiger partial charge in [-0.2, -0.15) is 0 Å². The molecule has 1 saturated heterocycles. The number of hydrogen-bond donors (Lipinski definition) is 1. The molecule has 1 amide bonds. The number of nitrogens with zero attached hydrogens (tertiary/aromatic N) is 3. The summed E-state index contributed by atoms with van der Waals surface area (Å²) in [6, 6.07) is 0.478. The van der Waals surface area contributed by atoms with Gasteiger partial charge in [0.05, 0.1) is 11.9 Å². The Morgan fingerprint density at radius 3 is 2.50 bits per heavy atom. The molecular formula is C15H24N4O. The van der Waals surface area contributed by atoms with Crippen molar-refractivity contribution in [3.63, 3.8) is 0 Å². The second kappa shape index (κ2) is 5.77. The van der Waals surface area contributed by atoms with Crippen LogP contribution >= 0.6 is 0 Å². The number of carbonyl (C=O) groups is 1. The van der Waals surface area contributed by atoms with Crippen molar-refractivity contribution in [3.8, 4) is 0 Å². The summed E-state index contributed by atoms with van der Waals surface area (Å²) in [5.74, 6) is 0.782. The number of carbonyl (C=O) groups excluding carboxylic acids is 1. The standard InChI is InChI=1S/C15H24N4O/c1-9(2)14-17-8-12(16)13(18-14)15(20)19-10(3)6-5-7-11(19)4/h8-11H,5-7,16H2,1-4H3/t10-,11+. The molecule has 5 nitrogen and oxygen atoms in total. The molecule has 2 N–H and O–H groups in total. The number of aromatic nitrogens is 2. The molecule has 20 heavy (non-hydrogen) atoms. The lowest BCUT2D eigenvalue weighted by Crippen LogP contribution is -2.48. The molecule has 0 saturated carbocycles. The Morgan fingerprint density at radius 2 is 1.95 bits per heavy atom. The summed E-state index contributed by atoms with van der Waals surface area (Å²) in [6.07, 6.45) is 4.80. The number of likely N-dealkylation sites (tertiary alicyclic amines) is 1. The fraction of sp³-hybridized carbons (Fsp3) is 0.667. The van der Waals surface area contributed by atoms with Crippen LogP contribution in [0.1, 0.15) is 69.2 Å². The molecule has 2 heterocycles. The van der Waals surface area contributed by atoms with Crippen LogP contribution in [-0.2, 0) is 0 Å². The third-order valence-electron chi connectivity index (χ3n) is 3.98. The number of nitrogen functional groups attached to an aromatic ring is 1. The predicted molar refractivity (Wildman–Crippen MR) is 79.5 cm³/mol. The van der Waals surface area contributed by atoms with Gasteiger partial charge < -0.3 is 10.6 Å². The zero-order valence-electron chi connectivity index (χ0n) is 12.8. The predicted octanol–water partition coefficient (Wildman–Crippen LogP) is 2.59. The first-order valence-corrected chi connectivity index (χ1v) is 7.37. The van der Waals surface area contributed by atoms with Gasteiger partial charge in [-0.1, -0.05) is 13.8 Å². The molecule has 1 aliphatic rings. The van der Waals surface area contributed by atoms with Gasteiger partial charge >= 0.3 is 0 Å². The van der Waals surface area contributed by atoms with Crippen molar-refractivity contribution in [2.24, 2.45) is 0 Å². The van der Waals surface area contributed by atoms with E-state index in [9.17, 15) is 4.79 Å². The van der Waals surface area contributed by atoms with Crippen LogP contribution in [-0.4, -0.2) is 32.9 Å². The zero-order chi connectivity index (χ0) is 14.9. The van der Waals surface area contributed by atoms with E-state index in [0.717, 1.165) is 12.8 Å². The fourth-order valence-corrected chi connectivity index (χ4v) is 2.80. The summed E-state index contributed by atoms with van der Waals surface area (Å²) in [4.78, 5) is 23.3. The van der Waals surface area contributed by atoms with E-state index in [1.807, 2.05) is 18.7 Å². The van der Waals surface area contributed by atoms with Gasteiger partial charge in [0.1, 0.15) is 5.82 Å². The Bertz CT molecular complexity index is 491. The number of amides is 1. The van der Waals surface area contributed by atoms with Crippen LogP contribution in [0, 0.1) is 0 Å². The maximum atomic E-state index is 12.8. The highest BCUT2D eigenvalue weighted by Gasteiger charge is 2.31. The van der Waals surface area contributed by atoms with Crippen LogP contribution in [0.3, 0.4) is 0 Å². The third kappa shape index (κ3) is 2.76. The third-order valence-corrected chi connectivity index (χ3v) is 3.98. The highest BCUT2D eigenvalue weighted by Crippen LogP contribution is 2.25. The lowest BCUT2D eigenvalue weighted by atomic mass is 9.97. The molecule has 1 aliphatic heterocycles. The average molecular weight is 276 g/mol. The van der Waals surface area contributed by atoms with Crippen molar-refractivity contribution < 1.29 is 4.79 Å². The molecule has 0 spiro atoms. The largest absolute Gasteiger partial charge is 0.396 e. The summed E-state index contributed by atoms with van der Waals surface area (Å²) in [7, 11) is 0. The first-order valence-electron chi connectivity index (χ1n) is 7.37. The van der Waals surface area contributed by atoms with E-state index in [1.54, 1.807) is 6.20 Å². The molecular weight excluding hydrogens is 252 g/mol. The van der Waals surface area contributed by atoms with Crippen molar-refractivity contribution in [1.29, 1.82) is 0 Å². The van der Waals surface area contributed by atoms with Crippen molar-refractivity contribution in [1.82, 2.24) is 14.9 Å². The van der Waals surface area contributed by atoms with Gasteiger partial charge in [-0.15, -0.1) is 0 Å². The molecule has 110 valence electrons. The second-order valence-corrected chi connectivity index (χ2v) is 6.03. The van der Waals surface area contributed by atoms with Crippen molar-refractivity contribution in [3.05, 3.63) is 17.7 Å². The first kappa shape index (κ1) is 14.8. The van der Waals surface area contributed by atoms with Gasteiger partial charge in [-0.25, -0.2) is 9.97 Å². The lowest BCUT2D eigenvalue weighted by Gasteiger charge is -2.39. The van der Waals surface area contributed by atoms with Gasteiger partial charge in [0.2, 0.25) is 0 Å². The second-order valence-electron chi connectivity index (χ2n) is 6.03. The highest BCUT2D eigenvalue weighted by molar-refractivity contribution is 5.97. The minimum absolute atomic E-state index is 0.0634. The number of nitrogens with two attached hydrogens (primary N) is 1. The minimum Gasteiger partial charge on any atom is -0.396 e. The van der Waals surface area contributed by atoms with E-state index < -0.39 is 0 Å². The fourth-order valence-electron chi connectivity index (χ4n) is 2.80. The molecule has 1 aromatic heterocycles. The van der Waals surface area contributed by atoms with E-state index in [4.69, 9.17) is 5.73 Å². The zero-order valence-corrected chi connectivity index (χ0v) is 12.8. The Balaban J connectivity index is 2.34. The molecule has 0 unspecified atom stereocenters. The van der Waals surface area contributed by atoms with E-state index in [2.05, 4.69) is 23.8 Å². The maximum absolute atomic E-state index is 12.8. The molecule has 1 aromatic rings. The number of anilines is 1. The van der Waals surface area contributed by atoms with E-state index in [-0.39, 0.29) is 23.9 Å². The Hall–Kier alpha value is -1.65. The SMILES string of the molecule is CC(C)c1ncc(N)c(C(=O)N2[C@H](C)CCC[C@@H]2C)n1. The van der Waals surface area contributed by atoms with Crippen LogP contribution in [0.5, 0.6) is 0 Å². The topological polar surface area (TPSA) is 72.1 Å². The molecule has 0 radical (unpaired) electrons. The van der Waals surface area contributed by atoms with E-state index in [1.165, 1.54) is 6.42 Å². The monoisotopic (exact) mass is 276 g/mol. The van der Waals surface area contributed by atoms with Crippen LogP contribution in [0.2, 0.25) is 0 Å². The van der Waals surface area contributed by atoms with Gasteiger partial charge in [0.25, 0.3) is 5.91 Å². The average Bonchev–Trinajstić information content (AvgIpc) is 2.38. The number of piperidine rings is 1. The summed E-state index contributed by atoms with van der Waals surface area (Å²) in [5, 5.41) is 0. The quantitative estimate of drug-likeness (QED) is 0.901. The Labute approximate surface area is 120 Å². The van der Waals surface area contributed by atoms with Crippen LogP contribution in [0.15, 0.2) is 6.20 Å². The Kier molecular flexibility index (Phi) is 4.26. The first-order chi connectivity index (χ1) is 9.41. The summed E-state index contributed by atoms with van der Waals surface area (Å²) in [5.41, 5.74) is 6.63. The lowest BCUT2D eigenvalue weighted by molar-refractivity contribution is 0.0505. The van der Waals surface area contributed by atoms with Gasteiger partial charge in [-0.05, 0) is 33.1 Å². The molecule has 2 atom stereocenters. The van der Waals surface area contributed by atoms with Crippen molar-refractivity contribution >= 4 is 11.6 Å². The van der Waals surface area contributed by atoms with Gasteiger partial charge in [0, 0.05) is 18.0 Å². The van der Waals surface area contributed by atoms with Crippen molar-refractivity contribution in [2.45, 2.75) is 65.0 Å². The maximum Gasteiger partial charge on any atom is 0.275 e. The highest BCUT2D eigenvalue weighted by atomic mass is 16.2. The molecule has 1 fully saturated rings. The summed E-state index contributed by atoms with van der Waals surface area (Å²) in [6.45, 7) is 8.19. The van der Waals surface area contributed by atoms with Crippen LogP contribution in [0.4, 0.5) is 5.69 Å². The Morgan fingerprint density at radius 1 is 1.35 bits per heavy atom. The number of rotatable bonds is 2. The van der Waals surface area contributed by atoms with E-state index >= 15 is 0 Å². The van der Waals surface area contributed by atoms with Crippen molar-refractivity contribution in [2.75, 3.05) is 5.73 Å². The molecule has 0 bridgehead atoms. The van der Waals surface area contributed by atoms with Crippen LogP contribution < -0.4 is 5.73 Å². The smallest absolute Gasteiger partial charge is 0.275 e. The minimum atomic E-state index is -0.0634. The normalized spacial score (nSPS) is 23.1. The van der Waals surface area contributed by atoms with E-state index in [0.29, 0.717) is 17.2 Å². The van der Waals surface area contributed by atoms with Gasteiger partial charge in [0.15, 0.2) is 5.69 Å². The molecule has 0 aliphatic carbocycles. The summed E-state index contributed by atoms with van der Waals surface area (Å²) < 4.78 is 0. The molecule has 5 heteroatoms. The number of hydrogen-bond acceptors (Lipinski definition) is 4. The summed E-state index contributed by atoms with van der Waals surface area (Å²) >= 11 is 0.